The van der Waals surface area contributed by atoms with Crippen molar-refractivity contribution in [1.29, 1.82) is 0 Å². The Bertz CT molecular complexity index is 1150. The summed E-state index contributed by atoms with van der Waals surface area (Å²) in [6, 6.07) is 12.7. The van der Waals surface area contributed by atoms with E-state index in [0.29, 0.717) is 24.1 Å². The fourth-order valence-electron chi connectivity index (χ4n) is 4.38. The first kappa shape index (κ1) is 21.3. The highest BCUT2D eigenvalue weighted by Gasteiger charge is 2.46. The van der Waals surface area contributed by atoms with E-state index < -0.39 is 29.1 Å². The molecule has 2 aliphatic heterocycles. The van der Waals surface area contributed by atoms with Gasteiger partial charge in [-0.15, -0.1) is 0 Å². The van der Waals surface area contributed by atoms with Crippen LogP contribution in [0, 0.1) is 17.5 Å². The van der Waals surface area contributed by atoms with Gasteiger partial charge in [0.25, 0.3) is 5.91 Å². The summed E-state index contributed by atoms with van der Waals surface area (Å²) in [5.74, 6) is -3.72. The zero-order chi connectivity index (χ0) is 23.2. The monoisotopic (exact) mass is 455 g/mol. The highest BCUT2D eigenvalue weighted by molar-refractivity contribution is 5.95. The molecule has 2 aliphatic rings. The van der Waals surface area contributed by atoms with Gasteiger partial charge in [0.15, 0.2) is 11.5 Å². The molecule has 1 saturated heterocycles. The standard InChI is InChI=1S/C25H20F3NO4/c26-17-7-3-15(4-8-17)25(16-5-9-18(27)10-6-16)32-22-12-20(21(28)13-23(22)33-25)24(31)29-11-1-2-19(29)14-30/h3-10,12-13,19,30H,1-2,11,14H2/t19-/m0/s1. The number of carbonyl (C=O) groups is 1. The molecule has 5 nitrogen and oxygen atoms in total. The summed E-state index contributed by atoms with van der Waals surface area (Å²) in [6.45, 7) is 0.225. The maximum atomic E-state index is 15.0. The Morgan fingerprint density at radius 3 is 2.03 bits per heavy atom. The number of nitrogens with zero attached hydrogens (tertiary/aromatic N) is 1. The molecule has 0 aromatic heterocycles. The zero-order valence-electron chi connectivity index (χ0n) is 17.4. The van der Waals surface area contributed by atoms with E-state index >= 15 is 0 Å². The summed E-state index contributed by atoms with van der Waals surface area (Å²) in [7, 11) is 0. The SMILES string of the molecule is O=C(c1cc2c(cc1F)OC(c1ccc(F)cc1)(c1ccc(F)cc1)O2)N1CCC[C@H]1CO. The molecular weight excluding hydrogens is 435 g/mol. The van der Waals surface area contributed by atoms with Crippen LogP contribution in [0.3, 0.4) is 0 Å². The average Bonchev–Trinajstić information content (AvgIpc) is 3.44. The molecule has 170 valence electrons. The molecule has 0 spiro atoms. The molecule has 5 rings (SSSR count). The number of amides is 1. The van der Waals surface area contributed by atoms with Crippen molar-refractivity contribution in [2.75, 3.05) is 13.2 Å². The van der Waals surface area contributed by atoms with Crippen molar-refractivity contribution in [3.05, 3.63) is 94.8 Å². The van der Waals surface area contributed by atoms with E-state index in [1.807, 2.05) is 0 Å². The van der Waals surface area contributed by atoms with Gasteiger partial charge in [0.2, 0.25) is 0 Å². The Balaban J connectivity index is 1.57. The lowest BCUT2D eigenvalue weighted by Crippen LogP contribution is -2.38. The number of rotatable bonds is 4. The van der Waals surface area contributed by atoms with Crippen LogP contribution in [-0.4, -0.2) is 35.1 Å². The second-order valence-corrected chi connectivity index (χ2v) is 8.09. The molecule has 0 saturated carbocycles. The molecule has 0 aliphatic carbocycles. The minimum atomic E-state index is -1.63. The topological polar surface area (TPSA) is 59.0 Å². The van der Waals surface area contributed by atoms with Gasteiger partial charge in [-0.3, -0.25) is 4.79 Å². The minimum Gasteiger partial charge on any atom is -0.440 e. The molecule has 0 unspecified atom stereocenters. The molecule has 1 N–H and O–H groups in total. The molecule has 8 heteroatoms. The van der Waals surface area contributed by atoms with Crippen molar-refractivity contribution in [3.63, 3.8) is 0 Å². The van der Waals surface area contributed by atoms with E-state index in [0.717, 1.165) is 12.5 Å². The van der Waals surface area contributed by atoms with Gasteiger partial charge in [0, 0.05) is 23.7 Å². The number of aliphatic hydroxyl groups is 1. The van der Waals surface area contributed by atoms with Crippen LogP contribution < -0.4 is 9.47 Å². The van der Waals surface area contributed by atoms with E-state index in [9.17, 15) is 23.1 Å². The first-order chi connectivity index (χ1) is 15.9. The van der Waals surface area contributed by atoms with Gasteiger partial charge in [0.05, 0.1) is 18.2 Å². The number of ether oxygens (including phenoxy) is 2. The van der Waals surface area contributed by atoms with Crippen molar-refractivity contribution in [2.24, 2.45) is 0 Å². The van der Waals surface area contributed by atoms with Gasteiger partial charge < -0.3 is 19.5 Å². The van der Waals surface area contributed by atoms with Crippen molar-refractivity contribution in [3.8, 4) is 11.5 Å². The fourth-order valence-corrected chi connectivity index (χ4v) is 4.38. The van der Waals surface area contributed by atoms with Crippen LogP contribution in [0.5, 0.6) is 11.5 Å². The number of fused-ring (bicyclic) bond motifs is 1. The Labute approximate surface area is 188 Å². The fraction of sp³-hybridized carbons (Fsp3) is 0.240. The van der Waals surface area contributed by atoms with Crippen LogP contribution in [0.4, 0.5) is 13.2 Å². The summed E-state index contributed by atoms with van der Waals surface area (Å²) in [5, 5.41) is 9.53. The summed E-state index contributed by atoms with van der Waals surface area (Å²) >= 11 is 0. The van der Waals surface area contributed by atoms with Crippen LogP contribution in [0.2, 0.25) is 0 Å². The van der Waals surface area contributed by atoms with E-state index in [2.05, 4.69) is 0 Å². The van der Waals surface area contributed by atoms with Crippen molar-refractivity contribution in [1.82, 2.24) is 4.90 Å². The lowest BCUT2D eigenvalue weighted by Gasteiger charge is -2.28. The highest BCUT2D eigenvalue weighted by Crippen LogP contribution is 2.48. The highest BCUT2D eigenvalue weighted by atomic mass is 19.1. The number of benzene rings is 3. The molecule has 2 heterocycles. The maximum absolute atomic E-state index is 15.0. The smallest absolute Gasteiger partial charge is 0.305 e. The van der Waals surface area contributed by atoms with Crippen molar-refractivity contribution < 1.29 is 32.5 Å². The van der Waals surface area contributed by atoms with Gasteiger partial charge in [-0.25, -0.2) is 13.2 Å². The van der Waals surface area contributed by atoms with Crippen LogP contribution in [-0.2, 0) is 5.79 Å². The molecule has 1 fully saturated rings. The second kappa shape index (κ2) is 8.12. The van der Waals surface area contributed by atoms with Crippen LogP contribution in [0.25, 0.3) is 0 Å². The average molecular weight is 455 g/mol. The molecule has 3 aromatic rings. The number of carbonyl (C=O) groups excluding carboxylic acids is 1. The first-order valence-electron chi connectivity index (χ1n) is 10.6. The van der Waals surface area contributed by atoms with Crippen molar-refractivity contribution >= 4 is 5.91 Å². The van der Waals surface area contributed by atoms with E-state index in [1.165, 1.54) is 59.5 Å². The lowest BCUT2D eigenvalue weighted by atomic mass is 9.97. The third kappa shape index (κ3) is 3.60. The molecule has 3 aromatic carbocycles. The third-order valence-electron chi connectivity index (χ3n) is 6.07. The van der Waals surface area contributed by atoms with Gasteiger partial charge >= 0.3 is 5.79 Å². The largest absolute Gasteiger partial charge is 0.440 e. The molecule has 0 bridgehead atoms. The zero-order valence-corrected chi connectivity index (χ0v) is 17.4. The van der Waals surface area contributed by atoms with Gasteiger partial charge in [-0.1, -0.05) is 0 Å². The Kier molecular flexibility index (Phi) is 5.25. The normalized spacial score (nSPS) is 18.5. The molecule has 0 radical (unpaired) electrons. The van der Waals surface area contributed by atoms with Crippen molar-refractivity contribution in [2.45, 2.75) is 24.7 Å². The minimum absolute atomic E-state index is 0.0535. The van der Waals surface area contributed by atoms with Gasteiger partial charge in [-0.05, 0) is 67.4 Å². The molecule has 33 heavy (non-hydrogen) atoms. The van der Waals surface area contributed by atoms with Gasteiger partial charge in [0.1, 0.15) is 17.5 Å². The Morgan fingerprint density at radius 2 is 1.48 bits per heavy atom. The lowest BCUT2D eigenvalue weighted by molar-refractivity contribution is -0.0460. The summed E-state index contributed by atoms with van der Waals surface area (Å²) < 4.78 is 54.4. The summed E-state index contributed by atoms with van der Waals surface area (Å²) in [4.78, 5) is 14.5. The molecular formula is C25H20F3NO4. The third-order valence-corrected chi connectivity index (χ3v) is 6.07. The number of likely N-dealkylation sites (tertiary alicyclic amines) is 1. The Morgan fingerprint density at radius 1 is 0.939 bits per heavy atom. The maximum Gasteiger partial charge on any atom is 0.305 e. The van der Waals surface area contributed by atoms with E-state index in [4.69, 9.17) is 9.47 Å². The summed E-state index contributed by atoms with van der Waals surface area (Å²) in [6.07, 6.45) is 1.37. The van der Waals surface area contributed by atoms with E-state index in [-0.39, 0.29) is 29.7 Å². The first-order valence-corrected chi connectivity index (χ1v) is 10.6. The second-order valence-electron chi connectivity index (χ2n) is 8.09. The van der Waals surface area contributed by atoms with E-state index in [1.54, 1.807) is 0 Å². The molecule has 1 amide bonds. The number of hydrogen-bond donors (Lipinski definition) is 1. The van der Waals surface area contributed by atoms with Crippen LogP contribution in [0.15, 0.2) is 60.7 Å². The van der Waals surface area contributed by atoms with Gasteiger partial charge in [-0.2, -0.15) is 0 Å². The number of aliphatic hydroxyl groups excluding tert-OH is 1. The predicted molar refractivity (Wildman–Crippen MR) is 112 cm³/mol. The van der Waals surface area contributed by atoms with Crippen LogP contribution in [0.1, 0.15) is 34.3 Å². The summed E-state index contributed by atoms with van der Waals surface area (Å²) in [5.41, 5.74) is 0.603. The van der Waals surface area contributed by atoms with Crippen LogP contribution >= 0.6 is 0 Å². The number of hydrogen-bond acceptors (Lipinski definition) is 4. The predicted octanol–water partition coefficient (Wildman–Crippen LogP) is 4.37. The quantitative estimate of drug-likeness (QED) is 0.635. The molecule has 1 atom stereocenters. The Hall–Kier alpha value is -3.52. The number of halogens is 3.